The van der Waals surface area contributed by atoms with Crippen molar-refractivity contribution >= 4 is 5.97 Å². The average Bonchev–Trinajstić information content (AvgIpc) is 2.00. The molecule has 1 unspecified atom stereocenters. The maximum Gasteiger partial charge on any atom is 0.332 e. The number of hydrogen-bond donors (Lipinski definition) is 1. The monoisotopic (exact) mass is 176 g/mol. The third-order valence-electron chi connectivity index (χ3n) is 1.34. The van der Waals surface area contributed by atoms with Crippen LogP contribution in [0.2, 0.25) is 0 Å². The van der Waals surface area contributed by atoms with E-state index in [0.29, 0.717) is 13.2 Å². The van der Waals surface area contributed by atoms with Gasteiger partial charge in [0, 0.05) is 6.61 Å². The number of carboxylic acids is 1. The van der Waals surface area contributed by atoms with Crippen LogP contribution in [0.4, 0.5) is 0 Å². The van der Waals surface area contributed by atoms with Crippen LogP contribution in [0.1, 0.15) is 20.8 Å². The second kappa shape index (κ2) is 5.97. The maximum atomic E-state index is 10.3. The van der Waals surface area contributed by atoms with E-state index in [1.807, 2.05) is 6.92 Å². The Bertz CT molecular complexity index is 135. The van der Waals surface area contributed by atoms with Crippen LogP contribution in [0.15, 0.2) is 0 Å². The van der Waals surface area contributed by atoms with E-state index in [9.17, 15) is 4.79 Å². The summed E-state index contributed by atoms with van der Waals surface area (Å²) in [6.07, 6.45) is -0.934. The highest BCUT2D eigenvalue weighted by molar-refractivity contribution is 5.71. The SMILES string of the molecule is CCOCC(C)O[C@@H](C)C(=O)O. The molecular weight excluding hydrogens is 160 g/mol. The lowest BCUT2D eigenvalue weighted by Gasteiger charge is -2.15. The minimum Gasteiger partial charge on any atom is -0.479 e. The molecule has 0 aromatic carbocycles. The summed E-state index contributed by atoms with van der Waals surface area (Å²) >= 11 is 0. The van der Waals surface area contributed by atoms with Crippen molar-refractivity contribution in [2.75, 3.05) is 13.2 Å². The Kier molecular flexibility index (Phi) is 5.66. The Morgan fingerprint density at radius 1 is 1.50 bits per heavy atom. The molecule has 2 atom stereocenters. The van der Waals surface area contributed by atoms with Crippen molar-refractivity contribution in [1.82, 2.24) is 0 Å². The number of carbonyl (C=O) groups is 1. The summed E-state index contributed by atoms with van der Waals surface area (Å²) in [7, 11) is 0. The highest BCUT2D eigenvalue weighted by Gasteiger charge is 2.14. The second-order valence-electron chi connectivity index (χ2n) is 2.59. The van der Waals surface area contributed by atoms with Gasteiger partial charge in [0.2, 0.25) is 0 Å². The van der Waals surface area contributed by atoms with Gasteiger partial charge >= 0.3 is 5.97 Å². The molecule has 0 aliphatic rings. The van der Waals surface area contributed by atoms with Gasteiger partial charge in [0.25, 0.3) is 0 Å². The number of carboxylic acid groups (broad SMARTS) is 1. The molecule has 4 nitrogen and oxygen atoms in total. The van der Waals surface area contributed by atoms with E-state index >= 15 is 0 Å². The average molecular weight is 176 g/mol. The first-order chi connectivity index (χ1) is 5.57. The van der Waals surface area contributed by atoms with Crippen LogP contribution in [0.25, 0.3) is 0 Å². The van der Waals surface area contributed by atoms with E-state index in [4.69, 9.17) is 14.6 Å². The lowest BCUT2D eigenvalue weighted by atomic mass is 10.4. The van der Waals surface area contributed by atoms with Gasteiger partial charge in [-0.2, -0.15) is 0 Å². The molecule has 0 rings (SSSR count). The molecule has 0 aromatic heterocycles. The standard InChI is InChI=1S/C8H16O4/c1-4-11-5-6(2)12-7(3)8(9)10/h6-7H,4-5H2,1-3H3,(H,9,10)/t6?,7-/m0/s1. The quantitative estimate of drug-likeness (QED) is 0.653. The Labute approximate surface area is 72.5 Å². The number of ether oxygens (including phenoxy) is 2. The lowest BCUT2D eigenvalue weighted by molar-refractivity contribution is -0.154. The molecule has 0 aliphatic carbocycles. The van der Waals surface area contributed by atoms with E-state index < -0.39 is 12.1 Å². The predicted octanol–water partition coefficient (Wildman–Crippen LogP) is 0.901. The first kappa shape index (κ1) is 11.4. The zero-order valence-corrected chi connectivity index (χ0v) is 7.74. The van der Waals surface area contributed by atoms with Gasteiger partial charge in [-0.1, -0.05) is 0 Å². The Hall–Kier alpha value is -0.610. The van der Waals surface area contributed by atoms with Gasteiger partial charge in [-0.3, -0.25) is 0 Å². The predicted molar refractivity (Wildman–Crippen MR) is 44.1 cm³/mol. The fourth-order valence-corrected chi connectivity index (χ4v) is 0.730. The molecule has 0 heterocycles. The van der Waals surface area contributed by atoms with Gasteiger partial charge in [0.15, 0.2) is 6.10 Å². The van der Waals surface area contributed by atoms with Crippen LogP contribution < -0.4 is 0 Å². The normalized spacial score (nSPS) is 15.6. The summed E-state index contributed by atoms with van der Waals surface area (Å²) in [6, 6.07) is 0. The van der Waals surface area contributed by atoms with Gasteiger partial charge < -0.3 is 14.6 Å². The smallest absolute Gasteiger partial charge is 0.332 e. The van der Waals surface area contributed by atoms with E-state index in [0.717, 1.165) is 0 Å². The largest absolute Gasteiger partial charge is 0.479 e. The van der Waals surface area contributed by atoms with Gasteiger partial charge in [-0.15, -0.1) is 0 Å². The van der Waals surface area contributed by atoms with E-state index in [1.54, 1.807) is 6.92 Å². The fraction of sp³-hybridized carbons (Fsp3) is 0.875. The van der Waals surface area contributed by atoms with Crippen LogP contribution >= 0.6 is 0 Å². The van der Waals surface area contributed by atoms with Crippen LogP contribution in [0.5, 0.6) is 0 Å². The molecule has 1 N–H and O–H groups in total. The lowest BCUT2D eigenvalue weighted by Crippen LogP contribution is -2.27. The van der Waals surface area contributed by atoms with Crippen molar-refractivity contribution in [2.24, 2.45) is 0 Å². The fourth-order valence-electron chi connectivity index (χ4n) is 0.730. The van der Waals surface area contributed by atoms with Crippen LogP contribution in [0.3, 0.4) is 0 Å². The Morgan fingerprint density at radius 3 is 2.50 bits per heavy atom. The Balaban J connectivity index is 3.53. The maximum absolute atomic E-state index is 10.3. The van der Waals surface area contributed by atoms with Crippen molar-refractivity contribution in [3.63, 3.8) is 0 Å². The molecule has 0 spiro atoms. The molecule has 4 heteroatoms. The molecule has 0 bridgehead atoms. The van der Waals surface area contributed by atoms with Gasteiger partial charge in [-0.05, 0) is 20.8 Å². The summed E-state index contributed by atoms with van der Waals surface area (Å²) < 4.78 is 10.1. The highest BCUT2D eigenvalue weighted by Crippen LogP contribution is 1.98. The summed E-state index contributed by atoms with van der Waals surface area (Å²) in [4.78, 5) is 10.3. The topological polar surface area (TPSA) is 55.8 Å². The number of rotatable bonds is 6. The van der Waals surface area contributed by atoms with E-state index in [1.165, 1.54) is 6.92 Å². The third kappa shape index (κ3) is 5.09. The number of hydrogen-bond acceptors (Lipinski definition) is 3. The zero-order valence-electron chi connectivity index (χ0n) is 7.74. The van der Waals surface area contributed by atoms with Crippen LogP contribution in [-0.2, 0) is 14.3 Å². The van der Waals surface area contributed by atoms with Gasteiger partial charge in [-0.25, -0.2) is 4.79 Å². The zero-order chi connectivity index (χ0) is 9.56. The van der Waals surface area contributed by atoms with Crippen LogP contribution in [-0.4, -0.2) is 36.5 Å². The summed E-state index contributed by atoms with van der Waals surface area (Å²) in [5, 5.41) is 8.49. The van der Waals surface area contributed by atoms with Crippen molar-refractivity contribution in [3.05, 3.63) is 0 Å². The summed E-state index contributed by atoms with van der Waals surface area (Å²) in [6.45, 7) is 6.23. The van der Waals surface area contributed by atoms with E-state index in [-0.39, 0.29) is 6.10 Å². The number of aliphatic carboxylic acids is 1. The van der Waals surface area contributed by atoms with Crippen molar-refractivity contribution < 1.29 is 19.4 Å². The molecule has 72 valence electrons. The first-order valence-electron chi connectivity index (χ1n) is 4.04. The molecule has 0 amide bonds. The summed E-state index contributed by atoms with van der Waals surface area (Å²) in [5.74, 6) is -0.946. The molecule has 12 heavy (non-hydrogen) atoms. The minimum absolute atomic E-state index is 0.170. The van der Waals surface area contributed by atoms with Gasteiger partial charge in [0.1, 0.15) is 0 Å². The molecule has 0 saturated heterocycles. The van der Waals surface area contributed by atoms with Crippen molar-refractivity contribution in [1.29, 1.82) is 0 Å². The van der Waals surface area contributed by atoms with E-state index in [2.05, 4.69) is 0 Å². The summed E-state index contributed by atoms with van der Waals surface area (Å²) in [5.41, 5.74) is 0. The first-order valence-corrected chi connectivity index (χ1v) is 4.04. The third-order valence-corrected chi connectivity index (χ3v) is 1.34. The molecular formula is C8H16O4. The molecule has 0 radical (unpaired) electrons. The molecule has 0 aromatic rings. The van der Waals surface area contributed by atoms with Crippen molar-refractivity contribution in [3.8, 4) is 0 Å². The van der Waals surface area contributed by atoms with Gasteiger partial charge in [0.05, 0.1) is 12.7 Å². The van der Waals surface area contributed by atoms with Crippen molar-refractivity contribution in [2.45, 2.75) is 33.0 Å². The molecule has 0 fully saturated rings. The molecule has 0 saturated carbocycles. The Morgan fingerprint density at radius 2 is 2.08 bits per heavy atom. The van der Waals surface area contributed by atoms with Crippen LogP contribution in [0, 0.1) is 0 Å². The highest BCUT2D eigenvalue weighted by atomic mass is 16.5. The molecule has 0 aliphatic heterocycles. The second-order valence-corrected chi connectivity index (χ2v) is 2.59. The minimum atomic E-state index is -0.946.